The molecule has 1 aliphatic rings. The normalized spacial score (nSPS) is 21.1. The number of carbonyl (C=O) groups excluding carboxylic acids is 1. The van der Waals surface area contributed by atoms with Gasteiger partial charge in [-0.2, -0.15) is 13.1 Å². The van der Waals surface area contributed by atoms with Crippen molar-refractivity contribution < 1.29 is 17.9 Å². The highest BCUT2D eigenvalue weighted by molar-refractivity contribution is 7.87. The van der Waals surface area contributed by atoms with E-state index in [0.717, 1.165) is 5.56 Å². The number of rotatable bonds is 5. The number of hydrogen-bond donors (Lipinski definition) is 1. The zero-order chi connectivity index (χ0) is 20.4. The molecule has 0 spiro atoms. The van der Waals surface area contributed by atoms with Crippen LogP contribution < -0.4 is 4.72 Å². The first-order valence-corrected chi connectivity index (χ1v) is 10.6. The zero-order valence-corrected chi connectivity index (χ0v) is 17.0. The van der Waals surface area contributed by atoms with Gasteiger partial charge in [0.15, 0.2) is 5.54 Å². The summed E-state index contributed by atoms with van der Waals surface area (Å²) in [7, 11) is -3.99. The maximum Gasteiger partial charge on any atom is 0.336 e. The monoisotopic (exact) mass is 400 g/mol. The summed E-state index contributed by atoms with van der Waals surface area (Å²) in [6.07, 6.45) is 1.65. The van der Waals surface area contributed by atoms with Gasteiger partial charge in [0, 0.05) is 6.54 Å². The molecule has 2 aromatic rings. The number of carbonyl (C=O) groups is 1. The molecule has 0 bridgehead atoms. The van der Waals surface area contributed by atoms with E-state index in [1.54, 1.807) is 32.1 Å². The number of esters is 1. The van der Waals surface area contributed by atoms with Gasteiger partial charge in [-0.3, -0.25) is 4.31 Å². The van der Waals surface area contributed by atoms with E-state index in [-0.39, 0.29) is 13.2 Å². The Morgan fingerprint density at radius 2 is 1.71 bits per heavy atom. The smallest absolute Gasteiger partial charge is 0.336 e. The lowest BCUT2D eigenvalue weighted by Gasteiger charge is -2.39. The standard InChI is InChI=1S/C21H24N2O4S/c1-4-23-19(17-9-7-6-8-10-17)15-21(20(24)27-5-2,22-28(23,25)26)18-13-11-16(3)12-14-18/h6-15,22H,4-5H2,1-3H3/t21-/m0/s1. The minimum atomic E-state index is -3.99. The first-order valence-electron chi connectivity index (χ1n) is 9.18. The van der Waals surface area contributed by atoms with Crippen LogP contribution in [0.3, 0.4) is 0 Å². The van der Waals surface area contributed by atoms with Crippen LogP contribution in [0.15, 0.2) is 60.7 Å². The minimum absolute atomic E-state index is 0.139. The minimum Gasteiger partial charge on any atom is -0.464 e. The van der Waals surface area contributed by atoms with E-state index in [2.05, 4.69) is 4.72 Å². The van der Waals surface area contributed by atoms with E-state index in [4.69, 9.17) is 4.74 Å². The van der Waals surface area contributed by atoms with Crippen molar-refractivity contribution in [3.8, 4) is 0 Å². The molecule has 148 valence electrons. The topological polar surface area (TPSA) is 75.7 Å². The fraction of sp³-hybridized carbons (Fsp3) is 0.286. The third kappa shape index (κ3) is 3.55. The van der Waals surface area contributed by atoms with Gasteiger partial charge in [0.25, 0.3) is 0 Å². The summed E-state index contributed by atoms with van der Waals surface area (Å²) >= 11 is 0. The third-order valence-electron chi connectivity index (χ3n) is 4.66. The Balaban J connectivity index is 2.31. The predicted molar refractivity (Wildman–Crippen MR) is 108 cm³/mol. The molecule has 28 heavy (non-hydrogen) atoms. The Morgan fingerprint density at radius 1 is 1.07 bits per heavy atom. The molecule has 1 heterocycles. The lowest BCUT2D eigenvalue weighted by atomic mass is 9.88. The summed E-state index contributed by atoms with van der Waals surface area (Å²) in [6, 6.07) is 16.3. The Labute approximate surface area is 166 Å². The summed E-state index contributed by atoms with van der Waals surface area (Å²) in [4.78, 5) is 13.1. The van der Waals surface area contributed by atoms with Crippen molar-refractivity contribution in [2.45, 2.75) is 26.3 Å². The van der Waals surface area contributed by atoms with Crippen molar-refractivity contribution in [2.75, 3.05) is 13.2 Å². The molecule has 0 fully saturated rings. The van der Waals surface area contributed by atoms with Crippen LogP contribution in [0.4, 0.5) is 0 Å². The molecule has 1 atom stereocenters. The van der Waals surface area contributed by atoms with Gasteiger partial charge < -0.3 is 4.74 Å². The van der Waals surface area contributed by atoms with Crippen molar-refractivity contribution in [1.29, 1.82) is 0 Å². The second-order valence-electron chi connectivity index (χ2n) is 6.56. The van der Waals surface area contributed by atoms with E-state index < -0.39 is 21.7 Å². The summed E-state index contributed by atoms with van der Waals surface area (Å²) in [5, 5.41) is 0. The van der Waals surface area contributed by atoms with Gasteiger partial charge in [0.2, 0.25) is 0 Å². The van der Waals surface area contributed by atoms with Crippen LogP contribution in [-0.4, -0.2) is 31.8 Å². The van der Waals surface area contributed by atoms with Gasteiger partial charge >= 0.3 is 16.2 Å². The molecular formula is C21H24N2O4S. The highest BCUT2D eigenvalue weighted by Gasteiger charge is 2.49. The largest absolute Gasteiger partial charge is 0.464 e. The fourth-order valence-corrected chi connectivity index (χ4v) is 4.83. The number of benzene rings is 2. The molecular weight excluding hydrogens is 376 g/mol. The summed E-state index contributed by atoms with van der Waals surface area (Å²) in [6.45, 7) is 5.73. The average Bonchev–Trinajstić information content (AvgIpc) is 2.68. The van der Waals surface area contributed by atoms with Gasteiger partial charge in [0.05, 0.1) is 12.3 Å². The van der Waals surface area contributed by atoms with E-state index in [9.17, 15) is 13.2 Å². The van der Waals surface area contributed by atoms with Crippen LogP contribution >= 0.6 is 0 Å². The maximum absolute atomic E-state index is 13.1. The van der Waals surface area contributed by atoms with E-state index in [0.29, 0.717) is 16.8 Å². The molecule has 1 N–H and O–H groups in total. The van der Waals surface area contributed by atoms with Gasteiger partial charge in [-0.05, 0) is 38.0 Å². The summed E-state index contributed by atoms with van der Waals surface area (Å²) in [5.41, 5.74) is 1.01. The van der Waals surface area contributed by atoms with Gasteiger partial charge in [-0.1, -0.05) is 60.2 Å². The molecule has 3 rings (SSSR count). The number of aryl methyl sites for hydroxylation is 1. The quantitative estimate of drug-likeness (QED) is 0.783. The fourth-order valence-electron chi connectivity index (χ4n) is 3.29. The first kappa shape index (κ1) is 20.1. The molecule has 0 aromatic heterocycles. The third-order valence-corrected chi connectivity index (χ3v) is 6.28. The SMILES string of the molecule is CCOC(=O)[C@@]1(c2ccc(C)cc2)C=C(c2ccccc2)N(CC)S(=O)(=O)N1. The van der Waals surface area contributed by atoms with Gasteiger partial charge in [-0.15, -0.1) is 0 Å². The highest BCUT2D eigenvalue weighted by atomic mass is 32.2. The molecule has 0 unspecified atom stereocenters. The molecule has 6 nitrogen and oxygen atoms in total. The molecule has 0 aliphatic carbocycles. The predicted octanol–water partition coefficient (Wildman–Crippen LogP) is 2.96. The molecule has 0 saturated carbocycles. The Hall–Kier alpha value is -2.64. The van der Waals surface area contributed by atoms with Crippen LogP contribution in [-0.2, 0) is 25.3 Å². The number of hydrogen-bond acceptors (Lipinski definition) is 4. The summed E-state index contributed by atoms with van der Waals surface area (Å²) in [5.74, 6) is -0.661. The van der Waals surface area contributed by atoms with Crippen LogP contribution in [0.25, 0.3) is 5.70 Å². The van der Waals surface area contributed by atoms with Crippen LogP contribution in [0, 0.1) is 6.92 Å². The number of nitrogens with one attached hydrogen (secondary N) is 1. The van der Waals surface area contributed by atoms with E-state index in [1.165, 1.54) is 4.31 Å². The molecule has 2 aromatic carbocycles. The van der Waals surface area contributed by atoms with Crippen molar-refractivity contribution in [3.05, 3.63) is 77.4 Å². The second-order valence-corrected chi connectivity index (χ2v) is 8.16. The number of nitrogens with zero attached hydrogens (tertiary/aromatic N) is 1. The maximum atomic E-state index is 13.1. The average molecular weight is 401 g/mol. The molecule has 0 amide bonds. The number of ether oxygens (including phenoxy) is 1. The van der Waals surface area contributed by atoms with Gasteiger partial charge in [0.1, 0.15) is 0 Å². The van der Waals surface area contributed by atoms with E-state index in [1.807, 2.05) is 49.4 Å². The molecule has 7 heteroatoms. The highest BCUT2D eigenvalue weighted by Crippen LogP contribution is 2.37. The molecule has 0 saturated heterocycles. The van der Waals surface area contributed by atoms with E-state index >= 15 is 0 Å². The lowest BCUT2D eigenvalue weighted by Crippen LogP contribution is -2.58. The van der Waals surface area contributed by atoms with Crippen molar-refractivity contribution >= 4 is 21.9 Å². The van der Waals surface area contributed by atoms with Gasteiger partial charge in [-0.25, -0.2) is 4.79 Å². The van der Waals surface area contributed by atoms with Crippen LogP contribution in [0.1, 0.15) is 30.5 Å². The molecule has 1 aliphatic heterocycles. The Morgan fingerprint density at radius 3 is 2.29 bits per heavy atom. The Kier molecular flexibility index (Phi) is 5.58. The van der Waals surface area contributed by atoms with Crippen LogP contribution in [0.2, 0.25) is 0 Å². The van der Waals surface area contributed by atoms with Crippen molar-refractivity contribution in [1.82, 2.24) is 9.03 Å². The first-order chi connectivity index (χ1) is 13.3. The van der Waals surface area contributed by atoms with Crippen molar-refractivity contribution in [2.24, 2.45) is 0 Å². The molecule has 0 radical (unpaired) electrons. The van der Waals surface area contributed by atoms with Crippen LogP contribution in [0.5, 0.6) is 0 Å². The lowest BCUT2D eigenvalue weighted by molar-refractivity contribution is -0.148. The summed E-state index contributed by atoms with van der Waals surface area (Å²) < 4.78 is 35.4. The zero-order valence-electron chi connectivity index (χ0n) is 16.2. The van der Waals surface area contributed by atoms with Crippen molar-refractivity contribution in [3.63, 3.8) is 0 Å². The second kappa shape index (κ2) is 7.77. The Bertz CT molecular complexity index is 985.